The zero-order chi connectivity index (χ0) is 17.8. The molecule has 5 nitrogen and oxygen atoms in total. The summed E-state index contributed by atoms with van der Waals surface area (Å²) >= 11 is 0. The first-order chi connectivity index (χ1) is 12.1. The minimum Gasteiger partial charge on any atom is -0.481 e. The van der Waals surface area contributed by atoms with E-state index in [1.165, 1.54) is 0 Å². The highest BCUT2D eigenvalue weighted by Crippen LogP contribution is 2.34. The fourth-order valence-corrected chi connectivity index (χ4v) is 4.25. The number of carboxylic acid groups (broad SMARTS) is 1. The van der Waals surface area contributed by atoms with Crippen LogP contribution in [0.5, 0.6) is 0 Å². The van der Waals surface area contributed by atoms with Gasteiger partial charge in [-0.25, -0.2) is 0 Å². The number of aliphatic carboxylic acids is 1. The molecule has 0 radical (unpaired) electrons. The van der Waals surface area contributed by atoms with E-state index in [0.717, 1.165) is 31.2 Å². The van der Waals surface area contributed by atoms with Crippen LogP contribution in [0.25, 0.3) is 0 Å². The third kappa shape index (κ3) is 4.21. The van der Waals surface area contributed by atoms with Crippen LogP contribution in [0.3, 0.4) is 0 Å². The monoisotopic (exact) mass is 345 g/mol. The van der Waals surface area contributed by atoms with Crippen LogP contribution in [0.1, 0.15) is 50.2 Å². The first kappa shape index (κ1) is 17.9. The van der Waals surface area contributed by atoms with E-state index in [2.05, 4.69) is 0 Å². The second kappa shape index (κ2) is 8.00. The fraction of sp³-hybridized carbons (Fsp3) is 0.600. The largest absolute Gasteiger partial charge is 0.481 e. The molecule has 1 saturated heterocycles. The molecule has 1 saturated carbocycles. The van der Waals surface area contributed by atoms with Gasteiger partial charge in [0.25, 0.3) is 0 Å². The summed E-state index contributed by atoms with van der Waals surface area (Å²) in [6, 6.07) is 9.68. The van der Waals surface area contributed by atoms with Gasteiger partial charge in [0.2, 0.25) is 5.91 Å². The standard InChI is InChI=1S/C20H27NO4/c22-18(14-5-2-1-3-6-14)15-9-11-21(12-10-15)19(23)16-7-4-8-17(13-16)20(24)25/h1-3,5-6,15-18,22H,4,7-13H2,(H,24,25). The molecule has 1 aliphatic heterocycles. The fourth-order valence-electron chi connectivity index (χ4n) is 4.25. The van der Waals surface area contributed by atoms with Gasteiger partial charge in [-0.05, 0) is 43.6 Å². The van der Waals surface area contributed by atoms with Gasteiger partial charge in [0.1, 0.15) is 0 Å². The Kier molecular flexibility index (Phi) is 5.74. The summed E-state index contributed by atoms with van der Waals surface area (Å²) in [5, 5.41) is 19.7. The molecule has 3 atom stereocenters. The van der Waals surface area contributed by atoms with Crippen molar-refractivity contribution in [2.24, 2.45) is 17.8 Å². The normalized spacial score (nSPS) is 26.2. The van der Waals surface area contributed by atoms with Crippen molar-refractivity contribution in [2.75, 3.05) is 13.1 Å². The number of rotatable bonds is 4. The summed E-state index contributed by atoms with van der Waals surface area (Å²) in [5.74, 6) is -1.02. The number of carbonyl (C=O) groups excluding carboxylic acids is 1. The molecule has 136 valence electrons. The maximum Gasteiger partial charge on any atom is 0.306 e. The third-order valence-electron chi connectivity index (χ3n) is 5.81. The molecular weight excluding hydrogens is 318 g/mol. The lowest BCUT2D eigenvalue weighted by molar-refractivity contribution is -0.146. The quantitative estimate of drug-likeness (QED) is 0.880. The smallest absolute Gasteiger partial charge is 0.306 e. The van der Waals surface area contributed by atoms with Gasteiger partial charge >= 0.3 is 5.97 Å². The van der Waals surface area contributed by atoms with Crippen LogP contribution in [0.15, 0.2) is 30.3 Å². The highest BCUT2D eigenvalue weighted by atomic mass is 16.4. The zero-order valence-corrected chi connectivity index (χ0v) is 14.5. The topological polar surface area (TPSA) is 77.8 Å². The molecule has 1 amide bonds. The number of carbonyl (C=O) groups is 2. The van der Waals surface area contributed by atoms with Gasteiger partial charge in [0, 0.05) is 19.0 Å². The van der Waals surface area contributed by atoms with Gasteiger partial charge in [-0.2, -0.15) is 0 Å². The predicted octanol–water partition coefficient (Wildman–Crippen LogP) is 2.85. The Bertz CT molecular complexity index is 595. The lowest BCUT2D eigenvalue weighted by Crippen LogP contribution is -2.44. The van der Waals surface area contributed by atoms with Crippen molar-refractivity contribution in [3.05, 3.63) is 35.9 Å². The van der Waals surface area contributed by atoms with Gasteiger partial charge in [0.15, 0.2) is 0 Å². The van der Waals surface area contributed by atoms with Gasteiger partial charge in [-0.15, -0.1) is 0 Å². The number of amides is 1. The van der Waals surface area contributed by atoms with Crippen LogP contribution >= 0.6 is 0 Å². The molecule has 5 heteroatoms. The van der Waals surface area contributed by atoms with Crippen LogP contribution in [0, 0.1) is 17.8 Å². The average Bonchev–Trinajstić information content (AvgIpc) is 2.67. The summed E-state index contributed by atoms with van der Waals surface area (Å²) in [6.07, 6.45) is 3.87. The molecule has 1 heterocycles. The van der Waals surface area contributed by atoms with Crippen molar-refractivity contribution in [1.82, 2.24) is 4.90 Å². The summed E-state index contributed by atoms with van der Waals surface area (Å²) < 4.78 is 0. The van der Waals surface area contributed by atoms with E-state index in [1.54, 1.807) is 0 Å². The van der Waals surface area contributed by atoms with E-state index < -0.39 is 12.1 Å². The molecule has 1 aromatic carbocycles. The molecule has 2 aliphatic rings. The average molecular weight is 345 g/mol. The molecule has 3 rings (SSSR count). The Morgan fingerprint density at radius 3 is 2.28 bits per heavy atom. The number of benzene rings is 1. The van der Waals surface area contributed by atoms with E-state index in [4.69, 9.17) is 0 Å². The van der Waals surface area contributed by atoms with Crippen molar-refractivity contribution in [1.29, 1.82) is 0 Å². The Morgan fingerprint density at radius 1 is 1.00 bits per heavy atom. The highest BCUT2D eigenvalue weighted by Gasteiger charge is 2.35. The van der Waals surface area contributed by atoms with Gasteiger partial charge in [-0.3, -0.25) is 9.59 Å². The second-order valence-corrected chi connectivity index (χ2v) is 7.42. The Morgan fingerprint density at radius 2 is 1.64 bits per heavy atom. The molecule has 1 aliphatic carbocycles. The number of aliphatic hydroxyl groups is 1. The first-order valence-electron chi connectivity index (χ1n) is 9.31. The predicted molar refractivity (Wildman–Crippen MR) is 93.8 cm³/mol. The zero-order valence-electron chi connectivity index (χ0n) is 14.5. The minimum atomic E-state index is -0.776. The molecule has 0 bridgehead atoms. The van der Waals surface area contributed by atoms with Crippen molar-refractivity contribution >= 4 is 11.9 Å². The van der Waals surface area contributed by atoms with Crippen LogP contribution < -0.4 is 0 Å². The number of piperidine rings is 1. The summed E-state index contributed by atoms with van der Waals surface area (Å²) in [7, 11) is 0. The van der Waals surface area contributed by atoms with Crippen LogP contribution in [-0.2, 0) is 9.59 Å². The molecule has 0 aromatic heterocycles. The van der Waals surface area contributed by atoms with Crippen LogP contribution in [0.4, 0.5) is 0 Å². The van der Waals surface area contributed by atoms with Crippen molar-refractivity contribution in [3.63, 3.8) is 0 Å². The van der Waals surface area contributed by atoms with E-state index in [-0.39, 0.29) is 23.7 Å². The van der Waals surface area contributed by atoms with Gasteiger partial charge in [-0.1, -0.05) is 36.8 Å². The molecule has 25 heavy (non-hydrogen) atoms. The Labute approximate surface area is 148 Å². The van der Waals surface area contributed by atoms with Gasteiger partial charge < -0.3 is 15.1 Å². The third-order valence-corrected chi connectivity index (χ3v) is 5.81. The number of hydrogen-bond donors (Lipinski definition) is 2. The summed E-state index contributed by atoms with van der Waals surface area (Å²) in [4.78, 5) is 25.8. The van der Waals surface area contributed by atoms with Crippen molar-refractivity contribution in [2.45, 2.75) is 44.6 Å². The SMILES string of the molecule is O=C(O)C1CCCC(C(=O)N2CCC(C(O)c3ccccc3)CC2)C1. The number of aliphatic hydroxyl groups excluding tert-OH is 1. The van der Waals surface area contributed by atoms with E-state index in [1.807, 2.05) is 35.2 Å². The highest BCUT2D eigenvalue weighted by molar-refractivity contribution is 5.80. The number of hydrogen-bond acceptors (Lipinski definition) is 3. The molecular formula is C20H27NO4. The van der Waals surface area contributed by atoms with E-state index >= 15 is 0 Å². The van der Waals surface area contributed by atoms with Crippen molar-refractivity contribution < 1.29 is 19.8 Å². The van der Waals surface area contributed by atoms with Gasteiger partial charge in [0.05, 0.1) is 12.0 Å². The number of carboxylic acids is 1. The molecule has 2 N–H and O–H groups in total. The van der Waals surface area contributed by atoms with Crippen molar-refractivity contribution in [3.8, 4) is 0 Å². The lowest BCUT2D eigenvalue weighted by atomic mass is 9.80. The van der Waals surface area contributed by atoms with Crippen LogP contribution in [-0.4, -0.2) is 40.1 Å². The lowest BCUT2D eigenvalue weighted by Gasteiger charge is -2.37. The first-order valence-corrected chi connectivity index (χ1v) is 9.31. The molecule has 0 spiro atoms. The molecule has 2 fully saturated rings. The number of likely N-dealkylation sites (tertiary alicyclic amines) is 1. The molecule has 1 aromatic rings. The maximum absolute atomic E-state index is 12.7. The van der Waals surface area contributed by atoms with E-state index in [9.17, 15) is 19.8 Å². The van der Waals surface area contributed by atoms with E-state index in [0.29, 0.717) is 25.9 Å². The number of nitrogens with zero attached hydrogens (tertiary/aromatic N) is 1. The summed E-state index contributed by atoms with van der Waals surface area (Å²) in [5.41, 5.74) is 0.934. The second-order valence-electron chi connectivity index (χ2n) is 7.42. The molecule has 3 unspecified atom stereocenters. The Balaban J connectivity index is 1.53. The minimum absolute atomic E-state index is 0.110. The summed E-state index contributed by atoms with van der Waals surface area (Å²) in [6.45, 7) is 1.31. The van der Waals surface area contributed by atoms with Crippen LogP contribution in [0.2, 0.25) is 0 Å². The Hall–Kier alpha value is -1.88. The maximum atomic E-state index is 12.7.